The van der Waals surface area contributed by atoms with E-state index in [9.17, 15) is 19.2 Å². The normalized spacial score (nSPS) is 13.7. The number of hydrogen-bond donors (Lipinski definition) is 3. The van der Waals surface area contributed by atoms with Gasteiger partial charge in [0.15, 0.2) is 0 Å². The molecule has 8 nitrogen and oxygen atoms in total. The summed E-state index contributed by atoms with van der Waals surface area (Å²) in [7, 11) is 0. The molecule has 0 saturated carbocycles. The van der Waals surface area contributed by atoms with Gasteiger partial charge in [-0.25, -0.2) is 0 Å². The first-order valence-electron chi connectivity index (χ1n) is 10.8. The topological polar surface area (TPSA) is 114 Å². The van der Waals surface area contributed by atoms with Crippen molar-refractivity contribution in [3.8, 4) is 0 Å². The number of esters is 1. The number of benzene rings is 1. The number of carbonyl (C=O) groups is 4. The number of carbonyl (C=O) groups excluding carboxylic acids is 4. The fourth-order valence-corrected chi connectivity index (χ4v) is 2.90. The van der Waals surface area contributed by atoms with Gasteiger partial charge in [0.05, 0.1) is 0 Å². The second kappa shape index (κ2) is 11.1. The average Bonchev–Trinajstić information content (AvgIpc) is 2.66. The lowest BCUT2D eigenvalue weighted by Gasteiger charge is -2.32. The molecule has 0 aliphatic heterocycles. The van der Waals surface area contributed by atoms with Crippen molar-refractivity contribution >= 4 is 23.7 Å². The van der Waals surface area contributed by atoms with Crippen LogP contribution in [0.25, 0.3) is 0 Å². The molecule has 0 fully saturated rings. The summed E-state index contributed by atoms with van der Waals surface area (Å²) in [5, 5.41) is 8.03. The largest absolute Gasteiger partial charge is 0.459 e. The molecule has 1 rings (SSSR count). The van der Waals surface area contributed by atoms with Crippen LogP contribution in [0.2, 0.25) is 0 Å². The zero-order valence-electron chi connectivity index (χ0n) is 20.4. The van der Waals surface area contributed by atoms with Gasteiger partial charge in [-0.15, -0.1) is 0 Å². The molecule has 0 bridgehead atoms. The highest BCUT2D eigenvalue weighted by atomic mass is 16.6. The number of nitrogens with one attached hydrogen (secondary N) is 3. The van der Waals surface area contributed by atoms with Crippen LogP contribution in [0.15, 0.2) is 30.3 Å². The first-order valence-corrected chi connectivity index (χ1v) is 10.8. The molecule has 0 saturated heterocycles. The van der Waals surface area contributed by atoms with Gasteiger partial charge >= 0.3 is 5.97 Å². The quantitative estimate of drug-likeness (QED) is 0.530. The summed E-state index contributed by atoms with van der Waals surface area (Å²) < 4.78 is 5.20. The lowest BCUT2D eigenvalue weighted by Crippen LogP contribution is -2.59. The minimum atomic E-state index is -0.924. The smallest absolute Gasteiger partial charge is 0.325 e. The maximum absolute atomic E-state index is 13.0. The second-order valence-corrected chi connectivity index (χ2v) is 10.2. The van der Waals surface area contributed by atoms with Crippen LogP contribution in [0.4, 0.5) is 0 Å². The van der Waals surface area contributed by atoms with Crippen LogP contribution in [0.1, 0.15) is 65.7 Å². The van der Waals surface area contributed by atoms with E-state index >= 15 is 0 Å². The van der Waals surface area contributed by atoms with Crippen LogP contribution >= 0.6 is 0 Å². The Balaban J connectivity index is 2.89. The summed E-state index contributed by atoms with van der Waals surface area (Å²) in [5.74, 6) is -2.14. The van der Waals surface area contributed by atoms with E-state index in [1.165, 1.54) is 0 Å². The lowest BCUT2D eigenvalue weighted by atomic mass is 9.85. The van der Waals surface area contributed by atoms with Crippen molar-refractivity contribution in [1.29, 1.82) is 0 Å². The average molecular weight is 448 g/mol. The van der Waals surface area contributed by atoms with Gasteiger partial charge in [-0.1, -0.05) is 52.8 Å². The molecular formula is C24H37N3O5. The Morgan fingerprint density at radius 3 is 1.91 bits per heavy atom. The third-order valence-electron chi connectivity index (χ3n) is 4.51. The summed E-state index contributed by atoms with van der Waals surface area (Å²) in [6, 6.07) is 6.83. The van der Waals surface area contributed by atoms with Gasteiger partial charge in [0.1, 0.15) is 24.2 Å². The van der Waals surface area contributed by atoms with Gasteiger partial charge < -0.3 is 20.7 Å². The Labute approximate surface area is 190 Å². The Hall–Kier alpha value is -2.90. The summed E-state index contributed by atoms with van der Waals surface area (Å²) in [5.41, 5.74) is -0.868. The van der Waals surface area contributed by atoms with Crippen molar-refractivity contribution in [3.05, 3.63) is 35.9 Å². The summed E-state index contributed by atoms with van der Waals surface area (Å²) >= 11 is 0. The van der Waals surface area contributed by atoms with Crippen LogP contribution in [0, 0.1) is 11.3 Å². The second-order valence-electron chi connectivity index (χ2n) is 10.2. The molecule has 0 aliphatic carbocycles. The molecule has 0 aliphatic rings. The predicted octanol–water partition coefficient (Wildman–Crippen LogP) is 2.43. The highest BCUT2D eigenvalue weighted by Crippen LogP contribution is 2.20. The molecule has 0 aromatic heterocycles. The minimum Gasteiger partial charge on any atom is -0.459 e. The van der Waals surface area contributed by atoms with E-state index in [4.69, 9.17) is 4.74 Å². The van der Waals surface area contributed by atoms with Crippen molar-refractivity contribution in [1.82, 2.24) is 16.0 Å². The summed E-state index contributed by atoms with van der Waals surface area (Å²) in [6.07, 6.45) is 0. The van der Waals surface area contributed by atoms with Crippen LogP contribution in [0.5, 0.6) is 0 Å². The molecule has 0 radical (unpaired) electrons. The van der Waals surface area contributed by atoms with E-state index < -0.39 is 40.9 Å². The van der Waals surface area contributed by atoms with Gasteiger partial charge in [0, 0.05) is 5.56 Å². The Kier molecular flexibility index (Phi) is 9.42. The van der Waals surface area contributed by atoms with Crippen LogP contribution < -0.4 is 16.0 Å². The SMILES string of the molecule is CC(C)[C@H](NC(=O)c1ccccc1)C(=O)NC(C(=O)NCC(=O)OC(C)(C)C)C(C)(C)C. The maximum Gasteiger partial charge on any atom is 0.325 e. The fraction of sp³-hybridized carbons (Fsp3) is 0.583. The zero-order chi connectivity index (χ0) is 24.7. The third-order valence-corrected chi connectivity index (χ3v) is 4.51. The van der Waals surface area contributed by atoms with Gasteiger partial charge in [0.2, 0.25) is 11.8 Å². The van der Waals surface area contributed by atoms with Crippen LogP contribution in [-0.4, -0.2) is 47.9 Å². The summed E-state index contributed by atoms with van der Waals surface area (Å²) in [4.78, 5) is 50.3. The van der Waals surface area contributed by atoms with E-state index in [-0.39, 0.29) is 18.4 Å². The number of hydrogen-bond acceptors (Lipinski definition) is 5. The van der Waals surface area contributed by atoms with E-state index in [1.54, 1.807) is 71.9 Å². The molecule has 3 N–H and O–H groups in total. The van der Waals surface area contributed by atoms with E-state index in [2.05, 4.69) is 16.0 Å². The number of amides is 3. The first kappa shape index (κ1) is 27.1. The zero-order valence-corrected chi connectivity index (χ0v) is 20.4. The highest BCUT2D eigenvalue weighted by Gasteiger charge is 2.36. The fourth-order valence-electron chi connectivity index (χ4n) is 2.90. The summed E-state index contributed by atoms with van der Waals surface area (Å²) in [6.45, 7) is 13.9. The minimum absolute atomic E-state index is 0.215. The Morgan fingerprint density at radius 1 is 0.875 bits per heavy atom. The Bertz CT molecular complexity index is 807. The van der Waals surface area contributed by atoms with E-state index in [0.29, 0.717) is 5.56 Å². The van der Waals surface area contributed by atoms with Gasteiger partial charge in [-0.3, -0.25) is 19.2 Å². The lowest BCUT2D eigenvalue weighted by molar-refractivity contribution is -0.154. The van der Waals surface area contributed by atoms with Crippen LogP contribution in [0.3, 0.4) is 0 Å². The van der Waals surface area contributed by atoms with Crippen molar-refractivity contribution in [2.24, 2.45) is 11.3 Å². The molecule has 0 spiro atoms. The maximum atomic E-state index is 13.0. The molecule has 0 heterocycles. The van der Waals surface area contributed by atoms with Crippen molar-refractivity contribution in [3.63, 3.8) is 0 Å². The van der Waals surface area contributed by atoms with Crippen molar-refractivity contribution in [2.75, 3.05) is 6.54 Å². The van der Waals surface area contributed by atoms with Crippen molar-refractivity contribution in [2.45, 2.75) is 73.1 Å². The van der Waals surface area contributed by atoms with Crippen LogP contribution in [-0.2, 0) is 19.1 Å². The van der Waals surface area contributed by atoms with Gasteiger partial charge in [-0.2, -0.15) is 0 Å². The van der Waals surface area contributed by atoms with Gasteiger partial charge in [0.25, 0.3) is 5.91 Å². The molecule has 1 aromatic rings. The Morgan fingerprint density at radius 2 is 1.44 bits per heavy atom. The third kappa shape index (κ3) is 9.08. The standard InChI is InChI=1S/C24H37N3O5/c1-15(2)18(26-20(29)16-12-10-9-11-13-16)21(30)27-19(23(3,4)5)22(31)25-14-17(28)32-24(6,7)8/h9-13,15,18-19H,14H2,1-8H3,(H,25,31)(H,26,29)(H,27,30)/t18-,19?/m0/s1. The molecule has 2 atom stereocenters. The van der Waals surface area contributed by atoms with Gasteiger partial charge in [-0.05, 0) is 44.2 Å². The molecular weight excluding hydrogens is 410 g/mol. The molecule has 8 heteroatoms. The molecule has 32 heavy (non-hydrogen) atoms. The molecule has 178 valence electrons. The van der Waals surface area contributed by atoms with E-state index in [1.807, 2.05) is 13.8 Å². The van der Waals surface area contributed by atoms with E-state index in [0.717, 1.165) is 0 Å². The molecule has 3 amide bonds. The number of ether oxygens (including phenoxy) is 1. The molecule has 1 aromatic carbocycles. The predicted molar refractivity (Wildman–Crippen MR) is 123 cm³/mol. The van der Waals surface area contributed by atoms with Crippen molar-refractivity contribution < 1.29 is 23.9 Å². The number of rotatable bonds is 8. The monoisotopic (exact) mass is 447 g/mol. The first-order chi connectivity index (χ1) is 14.6. The highest BCUT2D eigenvalue weighted by molar-refractivity contribution is 5.98. The molecule has 1 unspecified atom stereocenters.